The topological polar surface area (TPSA) is 72.5 Å². The number of fused-ring (bicyclic) bond motifs is 2. The van der Waals surface area contributed by atoms with E-state index < -0.39 is 9.84 Å². The van der Waals surface area contributed by atoms with Gasteiger partial charge in [0.05, 0.1) is 21.9 Å². The summed E-state index contributed by atoms with van der Waals surface area (Å²) < 4.78 is 30.6. The first-order chi connectivity index (χ1) is 11.0. The Morgan fingerprint density at radius 3 is 2.74 bits per heavy atom. The van der Waals surface area contributed by atoms with Gasteiger partial charge in [0.25, 0.3) is 5.91 Å². The molecule has 2 heterocycles. The number of carbonyl (C=O) groups excluding carboxylic acids is 1. The fourth-order valence-corrected chi connectivity index (χ4v) is 5.13. The quantitative estimate of drug-likeness (QED) is 0.864. The van der Waals surface area contributed by atoms with Crippen molar-refractivity contribution in [1.29, 1.82) is 0 Å². The molecule has 1 saturated heterocycles. The van der Waals surface area contributed by atoms with Crippen molar-refractivity contribution in [3.63, 3.8) is 0 Å². The average Bonchev–Trinajstić information content (AvgIpc) is 3.33. The van der Waals surface area contributed by atoms with E-state index in [1.54, 1.807) is 42.1 Å². The maximum atomic E-state index is 12.4. The minimum atomic E-state index is -3.35. The van der Waals surface area contributed by atoms with Gasteiger partial charge in [0.1, 0.15) is 5.75 Å². The van der Waals surface area contributed by atoms with Crippen LogP contribution in [0.25, 0.3) is 0 Å². The van der Waals surface area contributed by atoms with Gasteiger partial charge in [0.2, 0.25) is 0 Å². The van der Waals surface area contributed by atoms with Crippen LogP contribution in [0.5, 0.6) is 11.5 Å². The Balaban J connectivity index is 1.75. The van der Waals surface area contributed by atoms with Crippen LogP contribution in [-0.4, -0.2) is 31.1 Å². The first-order valence-electron chi connectivity index (χ1n) is 7.09. The monoisotopic (exact) mass is 347 g/mol. The third kappa shape index (κ3) is 2.82. The second kappa shape index (κ2) is 5.28. The molecule has 1 unspecified atom stereocenters. The van der Waals surface area contributed by atoms with Crippen LogP contribution in [0.1, 0.15) is 10.4 Å². The van der Waals surface area contributed by atoms with Gasteiger partial charge in [-0.1, -0.05) is 12.1 Å². The van der Waals surface area contributed by atoms with Crippen LogP contribution >= 0.6 is 11.8 Å². The molecule has 5 nitrogen and oxygen atoms in total. The van der Waals surface area contributed by atoms with Gasteiger partial charge in [-0.25, -0.2) is 8.42 Å². The number of hydrogen-bond donors (Lipinski definition) is 1. The number of anilines is 1. The van der Waals surface area contributed by atoms with Gasteiger partial charge in [-0.05, 0) is 24.3 Å². The number of hydrogen-bond acceptors (Lipinski definition) is 5. The summed E-state index contributed by atoms with van der Waals surface area (Å²) in [5.74, 6) is 1.51. The molecule has 118 valence electrons. The second-order valence-corrected chi connectivity index (χ2v) is 8.81. The number of thioether (sulfide) groups is 1. The van der Waals surface area contributed by atoms with Crippen molar-refractivity contribution in [3.8, 4) is 11.5 Å². The standard InChI is InChI=1S/C16H13NO4S2/c18-16-12-3-1-2-4-14(12)21-15-7-11(5-6-13(15)17-16)23(19,20)9-10-8-22-10/h1-7,10H,8-9H2,(H,17,18). The zero-order valence-corrected chi connectivity index (χ0v) is 13.6. The third-order valence-corrected chi connectivity index (χ3v) is 6.72. The maximum Gasteiger partial charge on any atom is 0.259 e. The number of ether oxygens (including phenoxy) is 1. The molecule has 0 bridgehead atoms. The van der Waals surface area contributed by atoms with Crippen molar-refractivity contribution in [1.82, 2.24) is 0 Å². The summed E-state index contributed by atoms with van der Waals surface area (Å²) in [6.45, 7) is 0. The minimum absolute atomic E-state index is 0.138. The van der Waals surface area contributed by atoms with E-state index in [-0.39, 0.29) is 21.8 Å². The van der Waals surface area contributed by atoms with Crippen molar-refractivity contribution in [2.24, 2.45) is 0 Å². The molecule has 1 amide bonds. The van der Waals surface area contributed by atoms with E-state index in [4.69, 9.17) is 4.74 Å². The lowest BCUT2D eigenvalue weighted by Gasteiger charge is -2.10. The molecule has 0 aliphatic carbocycles. The normalized spacial score (nSPS) is 19.0. The molecule has 1 atom stereocenters. The first-order valence-corrected chi connectivity index (χ1v) is 9.80. The summed E-state index contributed by atoms with van der Waals surface area (Å²) in [5.41, 5.74) is 0.883. The van der Waals surface area contributed by atoms with Crippen LogP contribution in [0.3, 0.4) is 0 Å². The largest absolute Gasteiger partial charge is 0.454 e. The van der Waals surface area contributed by atoms with Crippen LogP contribution in [0.15, 0.2) is 47.4 Å². The molecule has 0 spiro atoms. The Morgan fingerprint density at radius 1 is 1.17 bits per heavy atom. The third-order valence-electron chi connectivity index (χ3n) is 3.72. The van der Waals surface area contributed by atoms with Gasteiger partial charge in [-0.15, -0.1) is 0 Å². The zero-order valence-electron chi connectivity index (χ0n) is 12.0. The second-order valence-electron chi connectivity index (χ2n) is 5.45. The number of nitrogens with one attached hydrogen (secondary N) is 1. The van der Waals surface area contributed by atoms with Gasteiger partial charge in [-0.3, -0.25) is 4.79 Å². The number of rotatable bonds is 3. The molecule has 1 N–H and O–H groups in total. The predicted molar refractivity (Wildman–Crippen MR) is 89.2 cm³/mol. The SMILES string of the molecule is O=C1Nc2ccc(S(=O)(=O)CC3CS3)cc2Oc2ccccc21. The zero-order chi connectivity index (χ0) is 16.0. The molecule has 0 saturated carbocycles. The van der Waals surface area contributed by atoms with E-state index in [2.05, 4.69) is 5.32 Å². The summed E-state index contributed by atoms with van der Waals surface area (Å²) >= 11 is 1.65. The Hall–Kier alpha value is -1.99. The van der Waals surface area contributed by atoms with Crippen LogP contribution in [0.4, 0.5) is 5.69 Å². The highest BCUT2D eigenvalue weighted by atomic mass is 32.2. The fraction of sp³-hybridized carbons (Fsp3) is 0.188. The van der Waals surface area contributed by atoms with Crippen molar-refractivity contribution in [2.75, 3.05) is 16.8 Å². The number of sulfone groups is 1. The molecule has 2 aromatic carbocycles. The minimum Gasteiger partial charge on any atom is -0.454 e. The summed E-state index contributed by atoms with van der Waals surface area (Å²) in [4.78, 5) is 12.4. The van der Waals surface area contributed by atoms with E-state index in [0.29, 0.717) is 22.7 Å². The van der Waals surface area contributed by atoms with Crippen molar-refractivity contribution < 1.29 is 17.9 Å². The molecule has 0 aromatic heterocycles. The van der Waals surface area contributed by atoms with Gasteiger partial charge < -0.3 is 10.1 Å². The number of benzene rings is 2. The van der Waals surface area contributed by atoms with Gasteiger partial charge in [-0.2, -0.15) is 11.8 Å². The average molecular weight is 347 g/mol. The molecule has 1 fully saturated rings. The molecule has 7 heteroatoms. The molecule has 0 radical (unpaired) electrons. The summed E-state index contributed by atoms with van der Waals surface area (Å²) in [5, 5.41) is 2.94. The van der Waals surface area contributed by atoms with Gasteiger partial charge in [0.15, 0.2) is 15.6 Å². The maximum absolute atomic E-state index is 12.4. The van der Waals surface area contributed by atoms with E-state index in [9.17, 15) is 13.2 Å². The lowest BCUT2D eigenvalue weighted by molar-refractivity contribution is 0.102. The highest BCUT2D eigenvalue weighted by Crippen LogP contribution is 2.38. The molecule has 4 rings (SSSR count). The lowest BCUT2D eigenvalue weighted by Crippen LogP contribution is -2.12. The van der Waals surface area contributed by atoms with Gasteiger partial charge in [0, 0.05) is 17.1 Å². The van der Waals surface area contributed by atoms with E-state index in [0.717, 1.165) is 5.75 Å². The Morgan fingerprint density at radius 2 is 1.96 bits per heavy atom. The summed E-state index contributed by atoms with van der Waals surface area (Å²) in [6.07, 6.45) is 0. The first kappa shape index (κ1) is 14.6. The molecule has 2 aliphatic rings. The highest BCUT2D eigenvalue weighted by Gasteiger charge is 2.31. The highest BCUT2D eigenvalue weighted by molar-refractivity contribution is 8.08. The summed E-state index contributed by atoms with van der Waals surface area (Å²) in [7, 11) is -3.35. The molecular formula is C16H13NO4S2. The van der Waals surface area contributed by atoms with Crippen LogP contribution in [0.2, 0.25) is 0 Å². The van der Waals surface area contributed by atoms with E-state index in [1.807, 2.05) is 0 Å². The van der Waals surface area contributed by atoms with Crippen LogP contribution < -0.4 is 10.1 Å². The Kier molecular flexibility index (Phi) is 3.35. The Labute approximate surface area is 138 Å². The van der Waals surface area contributed by atoms with Crippen molar-refractivity contribution >= 4 is 33.2 Å². The number of para-hydroxylation sites is 1. The van der Waals surface area contributed by atoms with E-state index >= 15 is 0 Å². The van der Waals surface area contributed by atoms with Crippen molar-refractivity contribution in [2.45, 2.75) is 10.1 Å². The Bertz CT molecular complexity index is 904. The van der Waals surface area contributed by atoms with Gasteiger partial charge >= 0.3 is 0 Å². The lowest BCUT2D eigenvalue weighted by atomic mass is 10.2. The molecule has 2 aliphatic heterocycles. The van der Waals surface area contributed by atoms with Crippen LogP contribution in [-0.2, 0) is 9.84 Å². The molecule has 2 aromatic rings. The molecular weight excluding hydrogens is 334 g/mol. The van der Waals surface area contributed by atoms with E-state index in [1.165, 1.54) is 12.1 Å². The summed E-state index contributed by atoms with van der Waals surface area (Å²) in [6, 6.07) is 11.4. The predicted octanol–water partition coefficient (Wildman–Crippen LogP) is 2.93. The number of carbonyl (C=O) groups is 1. The molecule has 23 heavy (non-hydrogen) atoms. The van der Waals surface area contributed by atoms with Crippen LogP contribution in [0, 0.1) is 0 Å². The number of amides is 1. The fourth-order valence-electron chi connectivity index (χ4n) is 2.44. The smallest absolute Gasteiger partial charge is 0.259 e. The van der Waals surface area contributed by atoms with Crippen molar-refractivity contribution in [3.05, 3.63) is 48.0 Å².